The van der Waals surface area contributed by atoms with Crippen LogP contribution in [0.15, 0.2) is 29.3 Å². The Bertz CT molecular complexity index is 687. The van der Waals surface area contributed by atoms with E-state index in [0.717, 1.165) is 63.3 Å². The van der Waals surface area contributed by atoms with Gasteiger partial charge in [0.15, 0.2) is 5.96 Å². The first-order valence-electron chi connectivity index (χ1n) is 12.0. The lowest BCUT2D eigenvalue weighted by Crippen LogP contribution is -2.49. The van der Waals surface area contributed by atoms with Crippen molar-refractivity contribution in [1.29, 1.82) is 0 Å². The molecular formula is C25H42N4O2. The molecule has 1 unspecified atom stereocenters. The Balaban J connectivity index is 1.41. The SMILES string of the molecule is CCNC(=NCCOc1cccc(C(C)(C)C)c1)NC1CCN(CC2CCOC2)CC1. The summed E-state index contributed by atoms with van der Waals surface area (Å²) in [6.07, 6.45) is 3.54. The smallest absolute Gasteiger partial charge is 0.191 e. The molecule has 1 aromatic carbocycles. The van der Waals surface area contributed by atoms with Crippen LogP contribution in [0.4, 0.5) is 0 Å². The van der Waals surface area contributed by atoms with Crippen molar-refractivity contribution in [3.63, 3.8) is 0 Å². The molecular weight excluding hydrogens is 388 g/mol. The van der Waals surface area contributed by atoms with Gasteiger partial charge in [-0.15, -0.1) is 0 Å². The van der Waals surface area contributed by atoms with Crippen LogP contribution in [-0.2, 0) is 10.2 Å². The van der Waals surface area contributed by atoms with Gasteiger partial charge in [-0.1, -0.05) is 32.9 Å². The summed E-state index contributed by atoms with van der Waals surface area (Å²) in [7, 11) is 0. The molecule has 0 amide bonds. The predicted octanol–water partition coefficient (Wildman–Crippen LogP) is 3.42. The molecule has 2 aliphatic heterocycles. The third kappa shape index (κ3) is 8.00. The molecule has 3 rings (SSSR count). The van der Waals surface area contributed by atoms with Crippen molar-refractivity contribution >= 4 is 5.96 Å². The fourth-order valence-electron chi connectivity index (χ4n) is 4.24. The first kappa shape index (κ1) is 23.9. The normalized spacial score (nSPS) is 21.3. The van der Waals surface area contributed by atoms with Crippen molar-refractivity contribution in [1.82, 2.24) is 15.5 Å². The van der Waals surface area contributed by atoms with Crippen LogP contribution >= 0.6 is 0 Å². The summed E-state index contributed by atoms with van der Waals surface area (Å²) in [5.74, 6) is 2.55. The van der Waals surface area contributed by atoms with Gasteiger partial charge in [0, 0.05) is 38.8 Å². The lowest BCUT2D eigenvalue weighted by Gasteiger charge is -2.34. The number of ether oxygens (including phenoxy) is 2. The first-order chi connectivity index (χ1) is 14.9. The van der Waals surface area contributed by atoms with E-state index in [-0.39, 0.29) is 5.41 Å². The standard InChI is InChI=1S/C25H42N4O2/c1-5-26-24(27-12-16-31-23-8-6-7-21(17-23)25(2,3)4)28-22-9-13-29(14-10-22)18-20-11-15-30-19-20/h6-8,17,20,22H,5,9-16,18-19H2,1-4H3,(H2,26,27,28). The minimum atomic E-state index is 0.125. The van der Waals surface area contributed by atoms with Gasteiger partial charge in [-0.3, -0.25) is 0 Å². The average Bonchev–Trinajstić information content (AvgIpc) is 3.25. The first-order valence-corrected chi connectivity index (χ1v) is 12.0. The molecule has 174 valence electrons. The van der Waals surface area contributed by atoms with Gasteiger partial charge in [-0.05, 0) is 55.2 Å². The summed E-state index contributed by atoms with van der Waals surface area (Å²) in [5.41, 5.74) is 1.41. The zero-order valence-electron chi connectivity index (χ0n) is 20.0. The van der Waals surface area contributed by atoms with E-state index < -0.39 is 0 Å². The van der Waals surface area contributed by atoms with Crippen LogP contribution in [-0.4, -0.2) is 69.4 Å². The monoisotopic (exact) mass is 430 g/mol. The molecule has 31 heavy (non-hydrogen) atoms. The second-order valence-corrected chi connectivity index (χ2v) is 9.84. The quantitative estimate of drug-likeness (QED) is 0.376. The van der Waals surface area contributed by atoms with Crippen molar-refractivity contribution in [2.24, 2.45) is 10.9 Å². The number of aliphatic imine (C=N–C) groups is 1. The zero-order chi connectivity index (χ0) is 22.1. The molecule has 2 N–H and O–H groups in total. The summed E-state index contributed by atoms with van der Waals surface area (Å²) in [4.78, 5) is 7.33. The van der Waals surface area contributed by atoms with Crippen LogP contribution in [0.1, 0.15) is 52.5 Å². The molecule has 6 nitrogen and oxygen atoms in total. The van der Waals surface area contributed by atoms with Gasteiger partial charge in [0.05, 0.1) is 13.2 Å². The maximum Gasteiger partial charge on any atom is 0.191 e. The lowest BCUT2D eigenvalue weighted by molar-refractivity contribution is 0.150. The highest BCUT2D eigenvalue weighted by Crippen LogP contribution is 2.25. The van der Waals surface area contributed by atoms with E-state index >= 15 is 0 Å². The number of likely N-dealkylation sites (tertiary alicyclic amines) is 1. The predicted molar refractivity (Wildman–Crippen MR) is 128 cm³/mol. The summed E-state index contributed by atoms with van der Waals surface area (Å²) in [6, 6.07) is 8.87. The molecule has 2 heterocycles. The number of guanidine groups is 1. The Hall–Kier alpha value is -1.79. The van der Waals surface area contributed by atoms with Crippen LogP contribution < -0.4 is 15.4 Å². The minimum absolute atomic E-state index is 0.125. The average molecular weight is 431 g/mol. The number of hydrogen-bond acceptors (Lipinski definition) is 4. The maximum atomic E-state index is 5.96. The van der Waals surface area contributed by atoms with Crippen LogP contribution in [0.3, 0.4) is 0 Å². The Morgan fingerprint density at radius 2 is 2.03 bits per heavy atom. The molecule has 0 bridgehead atoms. The van der Waals surface area contributed by atoms with Gasteiger partial charge < -0.3 is 25.0 Å². The lowest BCUT2D eigenvalue weighted by atomic mass is 9.87. The van der Waals surface area contributed by atoms with E-state index in [0.29, 0.717) is 19.2 Å². The molecule has 2 saturated heterocycles. The van der Waals surface area contributed by atoms with Gasteiger partial charge >= 0.3 is 0 Å². The number of nitrogens with zero attached hydrogens (tertiary/aromatic N) is 2. The van der Waals surface area contributed by atoms with Gasteiger partial charge in [-0.2, -0.15) is 0 Å². The molecule has 2 aliphatic rings. The highest BCUT2D eigenvalue weighted by Gasteiger charge is 2.24. The molecule has 1 atom stereocenters. The van der Waals surface area contributed by atoms with E-state index in [1.54, 1.807) is 0 Å². The molecule has 1 aromatic rings. The molecule has 0 saturated carbocycles. The topological polar surface area (TPSA) is 58.1 Å². The van der Waals surface area contributed by atoms with Crippen molar-refractivity contribution in [3.8, 4) is 5.75 Å². The largest absolute Gasteiger partial charge is 0.492 e. The van der Waals surface area contributed by atoms with Crippen molar-refractivity contribution < 1.29 is 9.47 Å². The highest BCUT2D eigenvalue weighted by atomic mass is 16.5. The van der Waals surface area contributed by atoms with E-state index in [1.165, 1.54) is 18.5 Å². The van der Waals surface area contributed by atoms with Crippen LogP contribution in [0, 0.1) is 5.92 Å². The summed E-state index contributed by atoms with van der Waals surface area (Å²) >= 11 is 0. The van der Waals surface area contributed by atoms with Crippen molar-refractivity contribution in [2.45, 2.75) is 58.4 Å². The van der Waals surface area contributed by atoms with Crippen LogP contribution in [0.2, 0.25) is 0 Å². The summed E-state index contributed by atoms with van der Waals surface area (Å²) in [6.45, 7) is 16.2. The molecule has 0 spiro atoms. The van der Waals surface area contributed by atoms with Gasteiger partial charge in [0.25, 0.3) is 0 Å². The molecule has 0 radical (unpaired) electrons. The summed E-state index contributed by atoms with van der Waals surface area (Å²) < 4.78 is 11.5. The van der Waals surface area contributed by atoms with E-state index in [2.05, 4.69) is 61.4 Å². The Labute approximate surface area is 188 Å². The maximum absolute atomic E-state index is 5.96. The second-order valence-electron chi connectivity index (χ2n) is 9.84. The Morgan fingerprint density at radius 1 is 1.23 bits per heavy atom. The van der Waals surface area contributed by atoms with Crippen LogP contribution in [0.25, 0.3) is 0 Å². The second kappa shape index (κ2) is 11.7. The Morgan fingerprint density at radius 3 is 2.71 bits per heavy atom. The number of piperidine rings is 1. The van der Waals surface area contributed by atoms with Crippen molar-refractivity contribution in [3.05, 3.63) is 29.8 Å². The van der Waals surface area contributed by atoms with Crippen molar-refractivity contribution in [2.75, 3.05) is 52.5 Å². The Kier molecular flexibility index (Phi) is 9.02. The molecule has 2 fully saturated rings. The summed E-state index contributed by atoms with van der Waals surface area (Å²) in [5, 5.41) is 7.01. The third-order valence-corrected chi connectivity index (χ3v) is 6.14. The number of rotatable bonds is 8. The number of nitrogens with one attached hydrogen (secondary N) is 2. The van der Waals surface area contributed by atoms with Gasteiger partial charge in [0.1, 0.15) is 12.4 Å². The third-order valence-electron chi connectivity index (χ3n) is 6.14. The van der Waals surface area contributed by atoms with E-state index in [9.17, 15) is 0 Å². The fourth-order valence-corrected chi connectivity index (χ4v) is 4.24. The number of hydrogen-bond donors (Lipinski definition) is 2. The molecule has 6 heteroatoms. The highest BCUT2D eigenvalue weighted by molar-refractivity contribution is 5.80. The molecule has 0 aromatic heterocycles. The zero-order valence-corrected chi connectivity index (χ0v) is 20.0. The van der Waals surface area contributed by atoms with Gasteiger partial charge in [0.2, 0.25) is 0 Å². The van der Waals surface area contributed by atoms with Gasteiger partial charge in [-0.25, -0.2) is 4.99 Å². The molecule has 0 aliphatic carbocycles. The minimum Gasteiger partial charge on any atom is -0.492 e. The van der Waals surface area contributed by atoms with Crippen LogP contribution in [0.5, 0.6) is 5.75 Å². The van der Waals surface area contributed by atoms with E-state index in [1.807, 2.05) is 6.07 Å². The van der Waals surface area contributed by atoms with E-state index in [4.69, 9.17) is 14.5 Å². The fraction of sp³-hybridized carbons (Fsp3) is 0.720. The number of benzene rings is 1.